The van der Waals surface area contributed by atoms with Crippen molar-refractivity contribution in [3.8, 4) is 0 Å². The number of anilines is 1. The van der Waals surface area contributed by atoms with Crippen molar-refractivity contribution in [1.82, 2.24) is 9.72 Å². The summed E-state index contributed by atoms with van der Waals surface area (Å²) < 4.78 is 78.7. The molecule has 0 amide bonds. The molecule has 2 heterocycles. The van der Waals surface area contributed by atoms with Gasteiger partial charge in [0.05, 0.1) is 29.1 Å². The Morgan fingerprint density at radius 2 is 1.92 bits per heavy atom. The van der Waals surface area contributed by atoms with Crippen molar-refractivity contribution in [2.75, 3.05) is 11.8 Å². The zero-order valence-corrected chi connectivity index (χ0v) is 20.8. The monoisotopic (exact) mass is 535 g/mol. The third-order valence-corrected chi connectivity index (χ3v) is 8.42. The summed E-state index contributed by atoms with van der Waals surface area (Å²) in [5, 5.41) is 4.05. The molecule has 12 heteroatoms. The van der Waals surface area contributed by atoms with Crippen LogP contribution in [0.15, 0.2) is 74.3 Å². The number of methoxy groups -OCH3 is 1. The zero-order chi connectivity index (χ0) is 26.5. The summed E-state index contributed by atoms with van der Waals surface area (Å²) in [7, 11) is -2.51. The minimum atomic E-state index is -4.19. The van der Waals surface area contributed by atoms with Crippen LogP contribution in [-0.2, 0) is 14.8 Å². The van der Waals surface area contributed by atoms with Gasteiger partial charge in [-0.25, -0.2) is 8.42 Å². The van der Waals surface area contributed by atoms with Crippen molar-refractivity contribution in [3.63, 3.8) is 0 Å². The molecule has 0 radical (unpaired) electrons. The molecule has 0 saturated heterocycles. The predicted octanol–water partition coefficient (Wildman–Crippen LogP) is 5.16. The molecule has 1 N–H and O–H groups in total. The first-order chi connectivity index (χ1) is 17.5. The van der Waals surface area contributed by atoms with Gasteiger partial charge in [0.1, 0.15) is 12.0 Å². The van der Waals surface area contributed by atoms with Crippen molar-refractivity contribution in [2.45, 2.75) is 37.3 Å². The van der Waals surface area contributed by atoms with E-state index in [1.165, 1.54) is 54.3 Å². The molecule has 3 aromatic rings. The van der Waals surface area contributed by atoms with E-state index in [0.29, 0.717) is 28.8 Å². The molecule has 1 aromatic carbocycles. The fourth-order valence-electron chi connectivity index (χ4n) is 5.07. The van der Waals surface area contributed by atoms with Crippen molar-refractivity contribution in [3.05, 3.63) is 70.4 Å². The lowest BCUT2D eigenvalue weighted by Gasteiger charge is -2.41. The quantitative estimate of drug-likeness (QED) is 0.468. The van der Waals surface area contributed by atoms with Gasteiger partial charge in [-0.2, -0.15) is 13.2 Å². The van der Waals surface area contributed by atoms with Crippen LogP contribution in [0.2, 0.25) is 0 Å². The number of fused-ring (bicyclic) bond motifs is 1. The molecule has 0 spiro atoms. The Bertz CT molecular complexity index is 1570. The lowest BCUT2D eigenvalue weighted by atomic mass is 9.66. The van der Waals surface area contributed by atoms with Crippen LogP contribution in [0.3, 0.4) is 0 Å². The fourth-order valence-corrected chi connectivity index (χ4v) is 6.10. The van der Waals surface area contributed by atoms with Crippen molar-refractivity contribution in [1.29, 1.82) is 0 Å². The average molecular weight is 536 g/mol. The van der Waals surface area contributed by atoms with Crippen molar-refractivity contribution < 1.29 is 30.8 Å². The topological polar surface area (TPSA) is 103 Å². The standard InChI is InChI=1S/C25H24F3N3O5S/c1-14-9-21(22(35-2)13-19(14)16-10-17(11-16)25(26,27)28)31-20-5-4-18(12-15(20)3-6-24(31)32)37(33,34)30-23-7-8-36-29-23/h3-8,12-14,16-17H,9-11H2,1-2H3,(H,29,30)/t14?,16-,17-. The Labute approximate surface area is 210 Å². The van der Waals surface area contributed by atoms with E-state index in [4.69, 9.17) is 4.74 Å². The highest BCUT2D eigenvalue weighted by Crippen LogP contribution is 2.51. The van der Waals surface area contributed by atoms with Gasteiger partial charge in [0.15, 0.2) is 5.82 Å². The van der Waals surface area contributed by atoms with Crippen LogP contribution >= 0.6 is 0 Å². The number of aromatic nitrogens is 2. The minimum Gasteiger partial charge on any atom is -0.495 e. The Morgan fingerprint density at radius 3 is 2.57 bits per heavy atom. The summed E-state index contributed by atoms with van der Waals surface area (Å²) in [6.45, 7) is 1.93. The van der Waals surface area contributed by atoms with Gasteiger partial charge in [-0.1, -0.05) is 17.7 Å². The van der Waals surface area contributed by atoms with E-state index in [1.807, 2.05) is 6.92 Å². The van der Waals surface area contributed by atoms with E-state index in [2.05, 4.69) is 14.4 Å². The van der Waals surface area contributed by atoms with E-state index >= 15 is 0 Å². The number of nitrogens with zero attached hydrogens (tertiary/aromatic N) is 2. The molecule has 0 bridgehead atoms. The van der Waals surface area contributed by atoms with Gasteiger partial charge in [-0.05, 0) is 61.4 Å². The second kappa shape index (κ2) is 9.09. The number of rotatable bonds is 6. The summed E-state index contributed by atoms with van der Waals surface area (Å²) >= 11 is 0. The zero-order valence-electron chi connectivity index (χ0n) is 19.9. The summed E-state index contributed by atoms with van der Waals surface area (Å²) in [6.07, 6.45) is -0.697. The summed E-state index contributed by atoms with van der Waals surface area (Å²) in [4.78, 5) is 13.0. The molecule has 0 aliphatic heterocycles. The number of halogens is 3. The maximum absolute atomic E-state index is 13.0. The second-order valence-electron chi connectivity index (χ2n) is 9.39. The van der Waals surface area contributed by atoms with Crippen LogP contribution < -0.4 is 10.3 Å². The van der Waals surface area contributed by atoms with Crippen LogP contribution in [0.4, 0.5) is 19.0 Å². The highest BCUT2D eigenvalue weighted by Gasteiger charge is 2.49. The third-order valence-electron chi connectivity index (χ3n) is 7.07. The summed E-state index contributed by atoms with van der Waals surface area (Å²) in [6, 6.07) is 8.61. The number of nitrogens with one attached hydrogen (secondary N) is 1. The lowest BCUT2D eigenvalue weighted by molar-refractivity contribution is -0.201. The van der Waals surface area contributed by atoms with Crippen molar-refractivity contribution in [2.24, 2.45) is 17.8 Å². The van der Waals surface area contributed by atoms with E-state index < -0.39 is 22.1 Å². The Morgan fingerprint density at radius 1 is 1.16 bits per heavy atom. The Balaban J connectivity index is 1.53. The van der Waals surface area contributed by atoms with E-state index in [0.717, 1.165) is 5.57 Å². The van der Waals surface area contributed by atoms with E-state index in [1.54, 1.807) is 6.08 Å². The maximum atomic E-state index is 13.0. The van der Waals surface area contributed by atoms with Gasteiger partial charge in [0.25, 0.3) is 15.6 Å². The van der Waals surface area contributed by atoms with Gasteiger partial charge < -0.3 is 9.26 Å². The van der Waals surface area contributed by atoms with Crippen LogP contribution in [0.1, 0.15) is 26.2 Å². The number of pyridine rings is 1. The molecule has 2 aliphatic rings. The maximum Gasteiger partial charge on any atom is 0.391 e. The van der Waals surface area contributed by atoms with E-state index in [-0.39, 0.29) is 41.0 Å². The number of alkyl halides is 3. The molecule has 1 unspecified atom stereocenters. The Kier molecular flexibility index (Phi) is 6.17. The average Bonchev–Trinajstić information content (AvgIpc) is 3.30. The lowest BCUT2D eigenvalue weighted by Crippen LogP contribution is -2.38. The summed E-state index contributed by atoms with van der Waals surface area (Å²) in [5.74, 6) is -1.12. The molecule has 37 heavy (non-hydrogen) atoms. The molecule has 8 nitrogen and oxygen atoms in total. The number of ether oxygens (including phenoxy) is 1. The Hall–Kier alpha value is -3.54. The van der Waals surface area contributed by atoms with Gasteiger partial charge in [-0.15, -0.1) is 0 Å². The normalized spacial score (nSPS) is 22.5. The van der Waals surface area contributed by atoms with Crippen LogP contribution in [0, 0.1) is 17.8 Å². The third kappa shape index (κ3) is 4.65. The van der Waals surface area contributed by atoms with Crippen molar-refractivity contribution >= 4 is 32.4 Å². The first-order valence-electron chi connectivity index (χ1n) is 11.6. The predicted molar refractivity (Wildman–Crippen MR) is 130 cm³/mol. The number of benzene rings is 1. The van der Waals surface area contributed by atoms with Crippen LogP contribution in [-0.4, -0.2) is 31.4 Å². The smallest absolute Gasteiger partial charge is 0.391 e. The summed E-state index contributed by atoms with van der Waals surface area (Å²) in [5.41, 5.74) is 1.60. The molecular weight excluding hydrogens is 511 g/mol. The molecular formula is C25H24F3N3O5S. The molecule has 5 rings (SSSR count). The largest absolute Gasteiger partial charge is 0.495 e. The number of hydrogen-bond donors (Lipinski definition) is 1. The molecule has 1 atom stereocenters. The molecule has 1 fully saturated rings. The van der Waals surface area contributed by atoms with Crippen LogP contribution in [0.5, 0.6) is 0 Å². The van der Waals surface area contributed by atoms with Gasteiger partial charge in [-0.3, -0.25) is 14.1 Å². The number of sulfonamides is 1. The number of allylic oxidation sites excluding steroid dienone is 3. The molecule has 2 aromatic heterocycles. The number of hydrogen-bond acceptors (Lipinski definition) is 6. The first-order valence-corrected chi connectivity index (χ1v) is 13.1. The second-order valence-corrected chi connectivity index (χ2v) is 11.1. The fraction of sp³-hybridized carbons (Fsp3) is 0.360. The van der Waals surface area contributed by atoms with Crippen LogP contribution in [0.25, 0.3) is 16.6 Å². The highest BCUT2D eigenvalue weighted by molar-refractivity contribution is 7.92. The minimum absolute atomic E-state index is 0.0301. The van der Waals surface area contributed by atoms with E-state index in [9.17, 15) is 26.4 Å². The van der Waals surface area contributed by atoms with Gasteiger partial charge >= 0.3 is 6.18 Å². The molecule has 1 saturated carbocycles. The molecule has 196 valence electrons. The first kappa shape index (κ1) is 25.1. The SMILES string of the molecule is COC1=C(n2c(=O)ccc3cc(S(=O)(=O)Nc4ccon4)ccc32)CC(C)C([C@H]2C[C@H](C(F)(F)F)C2)=C1. The van der Waals surface area contributed by atoms with Gasteiger partial charge in [0, 0.05) is 17.5 Å². The van der Waals surface area contributed by atoms with Gasteiger partial charge in [0.2, 0.25) is 0 Å². The highest BCUT2D eigenvalue weighted by atomic mass is 32.2. The molecule has 2 aliphatic carbocycles.